The molecule has 30 heavy (non-hydrogen) atoms. The largest absolute Gasteiger partial charge is 0.480 e. The maximum Gasteiger partial charge on any atom is 0.323 e. The van der Waals surface area contributed by atoms with Gasteiger partial charge in [0.05, 0.1) is 11.5 Å². The van der Waals surface area contributed by atoms with E-state index in [0.717, 1.165) is 24.0 Å². The van der Waals surface area contributed by atoms with Crippen LogP contribution in [-0.2, 0) is 4.79 Å². The highest BCUT2D eigenvalue weighted by atomic mass is 32.2. The number of carboxylic acid groups (broad SMARTS) is 1. The fourth-order valence-electron chi connectivity index (χ4n) is 3.87. The molecule has 9 heteroatoms. The minimum Gasteiger partial charge on any atom is -0.480 e. The lowest BCUT2D eigenvalue weighted by Gasteiger charge is -2.30. The van der Waals surface area contributed by atoms with Crippen LogP contribution in [0.25, 0.3) is 0 Å². The van der Waals surface area contributed by atoms with Crippen molar-refractivity contribution >= 4 is 23.6 Å². The van der Waals surface area contributed by atoms with Crippen LogP contribution in [0.3, 0.4) is 0 Å². The summed E-state index contributed by atoms with van der Waals surface area (Å²) in [4.78, 5) is 21.0. The SMILES string of the molecule is C1CCC(NC2CCCCC2)CC1.O=C(O)C(CO)NSc1ccccc1[N+](=O)[O-]. The van der Waals surface area contributed by atoms with Crippen LogP contribution in [0.2, 0.25) is 0 Å². The van der Waals surface area contributed by atoms with Crippen molar-refractivity contribution in [3.63, 3.8) is 0 Å². The van der Waals surface area contributed by atoms with E-state index in [2.05, 4.69) is 10.0 Å². The lowest BCUT2D eigenvalue weighted by molar-refractivity contribution is -0.387. The Labute approximate surface area is 182 Å². The van der Waals surface area contributed by atoms with Crippen LogP contribution in [0.15, 0.2) is 29.2 Å². The molecule has 168 valence electrons. The van der Waals surface area contributed by atoms with Crippen LogP contribution >= 0.6 is 11.9 Å². The number of nitrogens with zero attached hydrogens (tertiary/aromatic N) is 1. The quantitative estimate of drug-likeness (QED) is 0.273. The van der Waals surface area contributed by atoms with E-state index in [9.17, 15) is 14.9 Å². The van der Waals surface area contributed by atoms with Crippen LogP contribution in [0.5, 0.6) is 0 Å². The molecule has 0 aliphatic heterocycles. The predicted octanol–water partition coefficient (Wildman–Crippen LogP) is 3.88. The maximum atomic E-state index is 10.7. The Morgan fingerprint density at radius 3 is 2.07 bits per heavy atom. The van der Waals surface area contributed by atoms with E-state index in [-0.39, 0.29) is 10.6 Å². The standard InChI is InChI=1S/C12H23N.C9H10N2O5S/c1-3-7-11(8-4-1)13-12-9-5-2-6-10-12;12-5-6(9(13)14)10-17-8-4-2-1-3-7(8)11(15)16/h11-13H,1-10H2;1-4,6,10,12H,5H2,(H,13,14). The second kappa shape index (κ2) is 13.6. The number of nitrogens with one attached hydrogen (secondary N) is 2. The van der Waals surface area contributed by atoms with Gasteiger partial charge in [0.15, 0.2) is 0 Å². The lowest BCUT2D eigenvalue weighted by atomic mass is 9.91. The molecule has 3 rings (SSSR count). The van der Waals surface area contributed by atoms with E-state index < -0.39 is 23.5 Å². The average Bonchev–Trinajstić information content (AvgIpc) is 2.76. The third kappa shape index (κ3) is 8.59. The second-order valence-electron chi connectivity index (χ2n) is 7.85. The highest BCUT2D eigenvalue weighted by molar-refractivity contribution is 7.97. The van der Waals surface area contributed by atoms with E-state index in [0.29, 0.717) is 0 Å². The summed E-state index contributed by atoms with van der Waals surface area (Å²) >= 11 is 0.804. The number of hydrogen-bond acceptors (Lipinski definition) is 7. The molecule has 0 heterocycles. The number of aliphatic hydroxyl groups excluding tert-OH is 1. The minimum atomic E-state index is -1.22. The number of para-hydroxylation sites is 1. The average molecular weight is 440 g/mol. The lowest BCUT2D eigenvalue weighted by Crippen LogP contribution is -2.40. The van der Waals surface area contributed by atoms with Gasteiger partial charge < -0.3 is 15.5 Å². The molecule has 1 atom stereocenters. The van der Waals surface area contributed by atoms with Crippen LogP contribution in [-0.4, -0.2) is 45.8 Å². The molecule has 0 radical (unpaired) electrons. The molecule has 0 spiro atoms. The number of benzene rings is 1. The third-order valence-corrected chi connectivity index (χ3v) is 6.50. The molecule has 2 fully saturated rings. The van der Waals surface area contributed by atoms with Gasteiger partial charge in [0.1, 0.15) is 10.9 Å². The molecule has 0 aromatic heterocycles. The van der Waals surface area contributed by atoms with Gasteiger partial charge in [-0.15, -0.1) is 0 Å². The first-order valence-electron chi connectivity index (χ1n) is 10.8. The van der Waals surface area contributed by atoms with Gasteiger partial charge >= 0.3 is 5.97 Å². The van der Waals surface area contributed by atoms with Crippen LogP contribution in [0, 0.1) is 10.1 Å². The van der Waals surface area contributed by atoms with Crippen molar-refractivity contribution in [2.75, 3.05) is 6.61 Å². The fraction of sp³-hybridized carbons (Fsp3) is 0.667. The highest BCUT2D eigenvalue weighted by Gasteiger charge is 2.20. The number of aliphatic carboxylic acids is 1. The van der Waals surface area contributed by atoms with Gasteiger partial charge in [-0.1, -0.05) is 50.7 Å². The van der Waals surface area contributed by atoms with Gasteiger partial charge in [-0.25, -0.2) is 4.72 Å². The summed E-state index contributed by atoms with van der Waals surface area (Å²) in [7, 11) is 0. The number of aliphatic hydroxyl groups is 1. The zero-order chi connectivity index (χ0) is 21.8. The van der Waals surface area contributed by atoms with Crippen LogP contribution < -0.4 is 10.0 Å². The zero-order valence-electron chi connectivity index (χ0n) is 17.3. The summed E-state index contributed by atoms with van der Waals surface area (Å²) in [6.45, 7) is -0.594. The maximum absolute atomic E-state index is 10.7. The van der Waals surface area contributed by atoms with Crippen molar-refractivity contribution in [3.05, 3.63) is 34.4 Å². The molecule has 1 aromatic carbocycles. The van der Waals surface area contributed by atoms with Gasteiger partial charge in [0, 0.05) is 18.2 Å². The molecule has 2 aliphatic carbocycles. The van der Waals surface area contributed by atoms with Gasteiger partial charge in [0.25, 0.3) is 5.69 Å². The molecule has 4 N–H and O–H groups in total. The van der Waals surface area contributed by atoms with Crippen molar-refractivity contribution < 1.29 is 19.9 Å². The minimum absolute atomic E-state index is 0.118. The topological polar surface area (TPSA) is 125 Å². The summed E-state index contributed by atoms with van der Waals surface area (Å²) in [6.07, 6.45) is 14.6. The number of carboxylic acids is 1. The molecular weight excluding hydrogens is 406 g/mol. The van der Waals surface area contributed by atoms with Gasteiger partial charge in [-0.2, -0.15) is 0 Å². The van der Waals surface area contributed by atoms with Crippen molar-refractivity contribution in [1.29, 1.82) is 0 Å². The van der Waals surface area contributed by atoms with E-state index in [1.165, 1.54) is 82.4 Å². The van der Waals surface area contributed by atoms with Crippen molar-refractivity contribution in [2.24, 2.45) is 0 Å². The van der Waals surface area contributed by atoms with Crippen molar-refractivity contribution in [1.82, 2.24) is 10.0 Å². The molecular formula is C21H33N3O5S. The first-order valence-corrected chi connectivity index (χ1v) is 11.6. The molecule has 0 bridgehead atoms. The summed E-state index contributed by atoms with van der Waals surface area (Å²) in [5, 5.41) is 31.9. The second-order valence-corrected chi connectivity index (χ2v) is 8.73. The number of nitro benzene ring substituents is 1. The summed E-state index contributed by atoms with van der Waals surface area (Å²) in [5.41, 5.74) is -0.118. The third-order valence-electron chi connectivity index (χ3n) is 5.54. The van der Waals surface area contributed by atoms with E-state index in [1.54, 1.807) is 6.07 Å². The van der Waals surface area contributed by atoms with Crippen LogP contribution in [0.1, 0.15) is 64.2 Å². The molecule has 8 nitrogen and oxygen atoms in total. The number of carbonyl (C=O) groups is 1. The predicted molar refractivity (Wildman–Crippen MR) is 117 cm³/mol. The summed E-state index contributed by atoms with van der Waals surface area (Å²) in [5.74, 6) is -1.22. The van der Waals surface area contributed by atoms with Gasteiger partial charge in [-0.3, -0.25) is 14.9 Å². The molecule has 0 saturated heterocycles. The Balaban J connectivity index is 0.000000220. The molecule has 1 aromatic rings. The monoisotopic (exact) mass is 439 g/mol. The zero-order valence-corrected chi connectivity index (χ0v) is 18.1. The fourth-order valence-corrected chi connectivity index (χ4v) is 4.70. The Morgan fingerprint density at radius 2 is 1.60 bits per heavy atom. The van der Waals surface area contributed by atoms with E-state index in [1.807, 2.05) is 0 Å². The molecule has 2 aliphatic rings. The van der Waals surface area contributed by atoms with Gasteiger partial charge in [0.2, 0.25) is 0 Å². The summed E-state index contributed by atoms with van der Waals surface area (Å²) < 4.78 is 2.44. The Morgan fingerprint density at radius 1 is 1.07 bits per heavy atom. The number of nitro groups is 1. The smallest absolute Gasteiger partial charge is 0.323 e. The van der Waals surface area contributed by atoms with E-state index in [4.69, 9.17) is 10.2 Å². The first kappa shape index (κ1) is 24.6. The molecule has 2 saturated carbocycles. The van der Waals surface area contributed by atoms with E-state index >= 15 is 0 Å². The van der Waals surface area contributed by atoms with Gasteiger partial charge in [-0.05, 0) is 43.7 Å². The number of rotatable bonds is 8. The van der Waals surface area contributed by atoms with Crippen LogP contribution in [0.4, 0.5) is 5.69 Å². The number of hydrogen-bond donors (Lipinski definition) is 4. The Hall–Kier alpha value is -1.68. The van der Waals surface area contributed by atoms with Crippen molar-refractivity contribution in [2.45, 2.75) is 87.2 Å². The van der Waals surface area contributed by atoms with Crippen molar-refractivity contribution in [3.8, 4) is 0 Å². The first-order chi connectivity index (χ1) is 14.5. The Kier molecular flexibility index (Phi) is 11.1. The normalized spacial score (nSPS) is 18.8. The highest BCUT2D eigenvalue weighted by Crippen LogP contribution is 2.26. The molecule has 1 unspecified atom stereocenters. The summed E-state index contributed by atoms with van der Waals surface area (Å²) in [6, 6.07) is 6.51. The Bertz CT molecular complexity index is 648. The molecule has 0 amide bonds.